The van der Waals surface area contributed by atoms with Crippen LogP contribution < -0.4 is 4.74 Å². The summed E-state index contributed by atoms with van der Waals surface area (Å²) in [4.78, 5) is 20.5. The minimum absolute atomic E-state index is 0.0155. The lowest BCUT2D eigenvalue weighted by atomic mass is 10.0. The number of nitrogens with zero attached hydrogens (tertiary/aromatic N) is 5. The minimum atomic E-state index is -1.27. The van der Waals surface area contributed by atoms with Crippen molar-refractivity contribution < 1.29 is 27.8 Å². The van der Waals surface area contributed by atoms with Crippen LogP contribution in [0.1, 0.15) is 52.1 Å². The molecule has 5 aromatic rings. The Morgan fingerprint density at radius 3 is 2.49 bits per heavy atom. The fraction of sp³-hybridized carbons (Fsp3) is 0.206. The molecule has 1 aliphatic carbocycles. The van der Waals surface area contributed by atoms with Gasteiger partial charge in [0.05, 0.1) is 34.5 Å². The lowest BCUT2D eigenvalue weighted by Crippen LogP contribution is -2.14. The normalized spacial score (nSPS) is 13.3. The molecule has 0 unspecified atom stereocenters. The monoisotopic (exact) mass is 607 g/mol. The average molecular weight is 608 g/mol. The minimum Gasteiger partial charge on any atom is -0.478 e. The summed E-state index contributed by atoms with van der Waals surface area (Å²) < 4.78 is 52.1. The molecule has 0 spiro atoms. The van der Waals surface area contributed by atoms with Crippen LogP contribution in [0.4, 0.5) is 13.2 Å². The van der Waals surface area contributed by atoms with Gasteiger partial charge < -0.3 is 14.4 Å². The van der Waals surface area contributed by atoms with Gasteiger partial charge in [-0.2, -0.15) is 10.5 Å². The zero-order valence-electron chi connectivity index (χ0n) is 23.7. The highest BCUT2D eigenvalue weighted by atomic mass is 19.1. The highest BCUT2D eigenvalue weighted by Crippen LogP contribution is 2.50. The Morgan fingerprint density at radius 1 is 0.978 bits per heavy atom. The second-order valence-electron chi connectivity index (χ2n) is 11.1. The number of imidazole rings is 1. The quantitative estimate of drug-likeness (QED) is 0.182. The molecule has 1 saturated carbocycles. The SMILES string of the molecule is N#CCC1(Cn2c(Cc3ccc(-c4cccc(OCc5ccc(C#N)cc5F)n4)c(F)c3)nc3c(F)cc(C(=O)O)cc32)CC1. The number of nitriles is 2. The summed E-state index contributed by atoms with van der Waals surface area (Å²) in [6.45, 7) is 0.221. The van der Waals surface area contributed by atoms with Crippen LogP contribution >= 0.6 is 0 Å². The predicted molar refractivity (Wildman–Crippen MR) is 156 cm³/mol. The Bertz CT molecular complexity index is 2060. The van der Waals surface area contributed by atoms with Crippen LogP contribution in [0.2, 0.25) is 0 Å². The van der Waals surface area contributed by atoms with E-state index in [0.717, 1.165) is 25.0 Å². The third kappa shape index (κ3) is 6.06. The number of aromatic carboxylic acids is 1. The molecule has 0 atom stereocenters. The van der Waals surface area contributed by atoms with Crippen LogP contribution in [-0.2, 0) is 19.6 Å². The number of carboxylic acid groups (broad SMARTS) is 1. The number of carbonyl (C=O) groups is 1. The first-order chi connectivity index (χ1) is 21.7. The highest BCUT2D eigenvalue weighted by molar-refractivity contribution is 5.92. The van der Waals surface area contributed by atoms with E-state index in [0.29, 0.717) is 35.6 Å². The topological polar surface area (TPSA) is 125 Å². The van der Waals surface area contributed by atoms with Crippen LogP contribution in [0.15, 0.2) is 66.7 Å². The first-order valence-electron chi connectivity index (χ1n) is 14.0. The third-order valence-corrected chi connectivity index (χ3v) is 7.99. The molecule has 224 valence electrons. The van der Waals surface area contributed by atoms with E-state index in [-0.39, 0.29) is 52.1 Å². The van der Waals surface area contributed by atoms with E-state index in [2.05, 4.69) is 16.0 Å². The fourth-order valence-electron chi connectivity index (χ4n) is 5.32. The number of benzene rings is 3. The number of pyridine rings is 1. The number of carboxylic acids is 1. The number of halogens is 3. The zero-order valence-corrected chi connectivity index (χ0v) is 23.7. The van der Waals surface area contributed by atoms with Gasteiger partial charge >= 0.3 is 5.97 Å². The van der Waals surface area contributed by atoms with E-state index in [1.165, 1.54) is 24.3 Å². The largest absolute Gasteiger partial charge is 0.478 e. The summed E-state index contributed by atoms with van der Waals surface area (Å²) in [5.74, 6) is -2.62. The molecule has 8 nitrogen and oxygen atoms in total. The molecular formula is C34H24F3N5O3. The van der Waals surface area contributed by atoms with E-state index < -0.39 is 23.4 Å². The number of hydrogen-bond acceptors (Lipinski definition) is 6. The van der Waals surface area contributed by atoms with Crippen LogP contribution in [0.3, 0.4) is 0 Å². The molecule has 1 aliphatic rings. The number of ether oxygens (including phenoxy) is 1. The van der Waals surface area contributed by atoms with Crippen LogP contribution in [0.5, 0.6) is 5.88 Å². The van der Waals surface area contributed by atoms with Crippen molar-refractivity contribution in [3.63, 3.8) is 0 Å². The summed E-state index contributed by atoms with van der Waals surface area (Å²) in [6, 6.07) is 19.8. The first-order valence-corrected chi connectivity index (χ1v) is 14.0. The Kier molecular flexibility index (Phi) is 7.69. The molecule has 0 saturated heterocycles. The predicted octanol–water partition coefficient (Wildman–Crippen LogP) is 6.95. The number of aromatic nitrogens is 3. The van der Waals surface area contributed by atoms with Crippen molar-refractivity contribution in [2.24, 2.45) is 5.41 Å². The molecular weight excluding hydrogens is 583 g/mol. The number of fused-ring (bicyclic) bond motifs is 1. The van der Waals surface area contributed by atoms with E-state index in [4.69, 9.17) is 10.00 Å². The highest BCUT2D eigenvalue weighted by Gasteiger charge is 2.43. The van der Waals surface area contributed by atoms with Gasteiger partial charge in [-0.3, -0.25) is 0 Å². The van der Waals surface area contributed by atoms with Crippen LogP contribution in [0, 0.1) is 45.5 Å². The Labute approximate surface area is 255 Å². The Morgan fingerprint density at radius 2 is 1.80 bits per heavy atom. The standard InChI is InChI=1S/C34H24F3N5O3/c35-25-13-21(17-39)4-6-22(25)18-45-31-3-1-2-28(40-31)24-7-5-20(12-26(24)36)14-30-41-32-27(37)15-23(33(43)44)16-29(32)42(30)19-34(8-9-34)10-11-38/h1-7,12-13,15-16H,8-10,14,18-19H2,(H,43,44). The van der Waals surface area contributed by atoms with Gasteiger partial charge in [0.25, 0.3) is 0 Å². The van der Waals surface area contributed by atoms with Crippen molar-refractivity contribution in [1.82, 2.24) is 14.5 Å². The fourth-order valence-corrected chi connectivity index (χ4v) is 5.32. The van der Waals surface area contributed by atoms with Crippen molar-refractivity contribution in [2.45, 2.75) is 38.8 Å². The maximum atomic E-state index is 15.5. The molecule has 2 aromatic heterocycles. The molecule has 0 radical (unpaired) electrons. The van der Waals surface area contributed by atoms with Gasteiger partial charge in [-0.05, 0) is 60.9 Å². The van der Waals surface area contributed by atoms with Crippen LogP contribution in [-0.4, -0.2) is 25.6 Å². The van der Waals surface area contributed by atoms with E-state index >= 15 is 4.39 Å². The smallest absolute Gasteiger partial charge is 0.335 e. The summed E-state index contributed by atoms with van der Waals surface area (Å²) in [6.07, 6.45) is 2.04. The summed E-state index contributed by atoms with van der Waals surface area (Å²) >= 11 is 0. The molecule has 1 fully saturated rings. The lowest BCUT2D eigenvalue weighted by Gasteiger charge is -2.16. The van der Waals surface area contributed by atoms with E-state index in [1.807, 2.05) is 6.07 Å². The van der Waals surface area contributed by atoms with Crippen LogP contribution in [0.25, 0.3) is 22.3 Å². The average Bonchev–Trinajstić information content (AvgIpc) is 3.70. The summed E-state index contributed by atoms with van der Waals surface area (Å²) in [5, 5.41) is 27.7. The van der Waals surface area contributed by atoms with Crippen molar-refractivity contribution >= 4 is 17.0 Å². The van der Waals surface area contributed by atoms with E-state index in [9.17, 15) is 23.9 Å². The maximum absolute atomic E-state index is 15.5. The summed E-state index contributed by atoms with van der Waals surface area (Å²) in [5.41, 5.74) is 1.28. The second kappa shape index (κ2) is 11.8. The molecule has 3 aromatic carbocycles. The molecule has 6 rings (SSSR count). The number of hydrogen-bond donors (Lipinski definition) is 1. The molecule has 2 heterocycles. The van der Waals surface area contributed by atoms with Gasteiger partial charge in [-0.25, -0.2) is 27.9 Å². The molecule has 0 bridgehead atoms. The third-order valence-electron chi connectivity index (χ3n) is 7.99. The Hall–Kier alpha value is -5.68. The van der Waals surface area contributed by atoms with Crippen molar-refractivity contribution in [3.05, 3.63) is 112 Å². The summed E-state index contributed by atoms with van der Waals surface area (Å²) in [7, 11) is 0. The first kappa shape index (κ1) is 29.4. The Balaban J connectivity index is 1.27. The zero-order chi connectivity index (χ0) is 31.7. The van der Waals surface area contributed by atoms with Gasteiger partial charge in [0.1, 0.15) is 29.6 Å². The van der Waals surface area contributed by atoms with Gasteiger partial charge in [-0.15, -0.1) is 0 Å². The van der Waals surface area contributed by atoms with Gasteiger partial charge in [-0.1, -0.05) is 18.2 Å². The molecule has 11 heteroatoms. The molecule has 45 heavy (non-hydrogen) atoms. The maximum Gasteiger partial charge on any atom is 0.335 e. The lowest BCUT2D eigenvalue weighted by molar-refractivity contribution is 0.0696. The molecule has 0 amide bonds. The number of rotatable bonds is 10. The van der Waals surface area contributed by atoms with E-state index in [1.54, 1.807) is 34.9 Å². The van der Waals surface area contributed by atoms with Crippen molar-refractivity contribution in [2.75, 3.05) is 0 Å². The van der Waals surface area contributed by atoms with Gasteiger partial charge in [0, 0.05) is 42.0 Å². The van der Waals surface area contributed by atoms with Crippen molar-refractivity contribution in [1.29, 1.82) is 10.5 Å². The van der Waals surface area contributed by atoms with Gasteiger partial charge in [0.15, 0.2) is 5.82 Å². The molecule has 1 N–H and O–H groups in total. The van der Waals surface area contributed by atoms with Crippen molar-refractivity contribution in [3.8, 4) is 29.3 Å². The molecule has 0 aliphatic heterocycles. The second-order valence-corrected chi connectivity index (χ2v) is 11.1. The van der Waals surface area contributed by atoms with Gasteiger partial charge in [0.2, 0.25) is 5.88 Å².